The zero-order valence-electron chi connectivity index (χ0n) is 13.6. The molecule has 3 aromatic rings. The number of anilines is 1. The van der Waals surface area contributed by atoms with Crippen LogP contribution in [0.3, 0.4) is 0 Å². The Morgan fingerprint density at radius 2 is 1.76 bits per heavy atom. The Balaban J connectivity index is 2.17. The first-order valence-corrected chi connectivity index (χ1v) is 10.3. The normalized spacial score (nSPS) is 11.6. The van der Waals surface area contributed by atoms with Crippen LogP contribution in [0.25, 0.3) is 10.9 Å². The van der Waals surface area contributed by atoms with Crippen LogP contribution in [-0.2, 0) is 10.0 Å². The van der Waals surface area contributed by atoms with Crippen LogP contribution in [0.1, 0.15) is 5.56 Å². The van der Waals surface area contributed by atoms with Crippen molar-refractivity contribution in [1.29, 1.82) is 0 Å². The van der Waals surface area contributed by atoms with E-state index in [1.54, 1.807) is 36.4 Å². The number of aromatic amines is 1. The molecule has 1 N–H and O–H groups in total. The molecule has 2 aromatic carbocycles. The summed E-state index contributed by atoms with van der Waals surface area (Å²) in [4.78, 5) is 15.4. The Labute approximate surface area is 154 Å². The number of rotatable bonds is 5. The number of nitrogens with zero attached hydrogens (tertiary/aromatic N) is 1. The summed E-state index contributed by atoms with van der Waals surface area (Å²) in [6.07, 6.45) is 0. The van der Waals surface area contributed by atoms with Crippen molar-refractivity contribution in [3.8, 4) is 0 Å². The van der Waals surface area contributed by atoms with E-state index in [1.807, 2.05) is 25.1 Å². The number of halogens is 1. The first kappa shape index (κ1) is 17.7. The molecule has 7 heteroatoms. The molecule has 25 heavy (non-hydrogen) atoms. The molecule has 0 amide bonds. The summed E-state index contributed by atoms with van der Waals surface area (Å²) in [6, 6.07) is 15.5. The number of nitrogens with one attached hydrogen (secondary N) is 1. The maximum absolute atomic E-state index is 13.1. The predicted octanol–water partition coefficient (Wildman–Crippen LogP) is 3.43. The Hall–Kier alpha value is -2.12. The highest BCUT2D eigenvalue weighted by Gasteiger charge is 2.26. The largest absolute Gasteiger partial charge is 0.320 e. The minimum Gasteiger partial charge on any atom is -0.320 e. The van der Waals surface area contributed by atoms with Gasteiger partial charge >= 0.3 is 0 Å². The molecule has 130 valence electrons. The van der Waals surface area contributed by atoms with Gasteiger partial charge in [0.05, 0.1) is 4.90 Å². The number of aromatic nitrogens is 1. The number of alkyl halides is 1. The summed E-state index contributed by atoms with van der Waals surface area (Å²) in [5.41, 5.74) is 1.31. The SMILES string of the molecule is Cc1ccc(S(=O)(=O)N(CCBr)c2cc3ccccc3[nH]c2=O)cc1. The number of hydrogen-bond donors (Lipinski definition) is 1. The van der Waals surface area contributed by atoms with Gasteiger partial charge in [0.2, 0.25) is 0 Å². The number of fused-ring (bicyclic) bond motifs is 1. The summed E-state index contributed by atoms with van der Waals surface area (Å²) in [5.74, 6) is 0. The Bertz CT molecular complexity index is 1060. The number of para-hydroxylation sites is 1. The summed E-state index contributed by atoms with van der Waals surface area (Å²) < 4.78 is 27.3. The molecule has 1 heterocycles. The lowest BCUT2D eigenvalue weighted by molar-refractivity contribution is 0.592. The molecule has 0 bridgehead atoms. The number of pyridine rings is 1. The predicted molar refractivity (Wildman–Crippen MR) is 104 cm³/mol. The monoisotopic (exact) mass is 420 g/mol. The van der Waals surface area contributed by atoms with Gasteiger partial charge in [0.1, 0.15) is 5.69 Å². The van der Waals surface area contributed by atoms with Crippen molar-refractivity contribution in [3.05, 3.63) is 70.5 Å². The lowest BCUT2D eigenvalue weighted by atomic mass is 10.2. The van der Waals surface area contributed by atoms with E-state index in [4.69, 9.17) is 0 Å². The molecule has 1 aromatic heterocycles. The van der Waals surface area contributed by atoms with E-state index in [2.05, 4.69) is 20.9 Å². The molecule has 5 nitrogen and oxygen atoms in total. The second kappa shape index (κ2) is 7.01. The van der Waals surface area contributed by atoms with Crippen molar-refractivity contribution in [2.75, 3.05) is 16.2 Å². The standard InChI is InChI=1S/C18H17BrN2O3S/c1-13-6-8-15(9-7-13)25(23,24)21(11-10-19)17-12-14-4-2-3-5-16(14)20-18(17)22/h2-9,12H,10-11H2,1H3,(H,20,22). The lowest BCUT2D eigenvalue weighted by Crippen LogP contribution is -2.36. The number of aryl methyl sites for hydroxylation is 1. The van der Waals surface area contributed by atoms with Crippen LogP contribution in [0.15, 0.2) is 64.3 Å². The highest BCUT2D eigenvalue weighted by Crippen LogP contribution is 2.23. The Morgan fingerprint density at radius 1 is 1.08 bits per heavy atom. The highest BCUT2D eigenvalue weighted by atomic mass is 79.9. The summed E-state index contributed by atoms with van der Waals surface area (Å²) >= 11 is 3.28. The van der Waals surface area contributed by atoms with Gasteiger partial charge < -0.3 is 4.98 Å². The number of sulfonamides is 1. The molecule has 0 aliphatic carbocycles. The van der Waals surface area contributed by atoms with Gasteiger partial charge in [-0.1, -0.05) is 51.8 Å². The first-order valence-electron chi connectivity index (χ1n) is 7.71. The molecule has 0 saturated carbocycles. The van der Waals surface area contributed by atoms with Crippen LogP contribution < -0.4 is 9.86 Å². The first-order chi connectivity index (χ1) is 11.9. The maximum atomic E-state index is 13.1. The maximum Gasteiger partial charge on any atom is 0.272 e. The van der Waals surface area contributed by atoms with Crippen LogP contribution in [0.4, 0.5) is 5.69 Å². The van der Waals surface area contributed by atoms with Gasteiger partial charge in [-0.25, -0.2) is 8.42 Å². The van der Waals surface area contributed by atoms with Crippen LogP contribution in [0, 0.1) is 6.92 Å². The van der Waals surface area contributed by atoms with Gasteiger partial charge in [0.15, 0.2) is 0 Å². The Kier molecular flexibility index (Phi) is 4.96. The second-order valence-electron chi connectivity index (χ2n) is 5.65. The number of hydrogen-bond acceptors (Lipinski definition) is 3. The fourth-order valence-electron chi connectivity index (χ4n) is 2.61. The average Bonchev–Trinajstić information content (AvgIpc) is 2.59. The third-order valence-electron chi connectivity index (χ3n) is 3.90. The van der Waals surface area contributed by atoms with Crippen LogP contribution in [0.2, 0.25) is 0 Å². The van der Waals surface area contributed by atoms with Crippen molar-refractivity contribution >= 4 is 42.5 Å². The van der Waals surface area contributed by atoms with Gasteiger partial charge in [0, 0.05) is 22.8 Å². The van der Waals surface area contributed by atoms with E-state index < -0.39 is 15.6 Å². The zero-order chi connectivity index (χ0) is 18.0. The summed E-state index contributed by atoms with van der Waals surface area (Å²) in [5, 5.41) is 1.18. The molecule has 3 rings (SSSR count). The summed E-state index contributed by atoms with van der Waals surface area (Å²) in [7, 11) is -3.84. The third kappa shape index (κ3) is 3.48. The van der Waals surface area contributed by atoms with Crippen molar-refractivity contribution < 1.29 is 8.42 Å². The number of H-pyrrole nitrogens is 1. The van der Waals surface area contributed by atoms with E-state index in [9.17, 15) is 13.2 Å². The smallest absolute Gasteiger partial charge is 0.272 e. The van der Waals surface area contributed by atoms with Crippen LogP contribution >= 0.6 is 15.9 Å². The lowest BCUT2D eigenvalue weighted by Gasteiger charge is -2.23. The molecule has 0 spiro atoms. The van der Waals surface area contributed by atoms with E-state index in [0.717, 1.165) is 15.3 Å². The quantitative estimate of drug-likeness (QED) is 0.642. The van der Waals surface area contributed by atoms with Crippen LogP contribution in [-0.4, -0.2) is 25.3 Å². The topological polar surface area (TPSA) is 70.2 Å². The van der Waals surface area contributed by atoms with E-state index in [0.29, 0.717) is 10.8 Å². The fraction of sp³-hybridized carbons (Fsp3) is 0.167. The molecule has 0 radical (unpaired) electrons. The molecule has 0 aliphatic heterocycles. The molecule has 0 fully saturated rings. The Morgan fingerprint density at radius 3 is 2.44 bits per heavy atom. The molecular weight excluding hydrogens is 404 g/mol. The summed E-state index contributed by atoms with van der Waals surface area (Å²) in [6.45, 7) is 2.04. The van der Waals surface area contributed by atoms with E-state index in [1.165, 1.54) is 0 Å². The molecule has 0 atom stereocenters. The van der Waals surface area contributed by atoms with Crippen molar-refractivity contribution in [2.45, 2.75) is 11.8 Å². The highest BCUT2D eigenvalue weighted by molar-refractivity contribution is 9.09. The fourth-order valence-corrected chi connectivity index (χ4v) is 4.66. The van der Waals surface area contributed by atoms with Crippen molar-refractivity contribution in [1.82, 2.24) is 4.98 Å². The zero-order valence-corrected chi connectivity index (χ0v) is 16.0. The second-order valence-corrected chi connectivity index (χ2v) is 8.31. The van der Waals surface area contributed by atoms with Crippen molar-refractivity contribution in [2.24, 2.45) is 0 Å². The third-order valence-corrected chi connectivity index (χ3v) is 6.08. The average molecular weight is 421 g/mol. The van der Waals surface area contributed by atoms with Gasteiger partial charge in [-0.2, -0.15) is 0 Å². The molecule has 0 unspecified atom stereocenters. The minimum absolute atomic E-state index is 0.110. The minimum atomic E-state index is -3.84. The molecule has 0 aliphatic rings. The van der Waals surface area contributed by atoms with Gasteiger partial charge in [-0.15, -0.1) is 0 Å². The van der Waals surface area contributed by atoms with Crippen molar-refractivity contribution in [3.63, 3.8) is 0 Å². The van der Waals surface area contributed by atoms with E-state index >= 15 is 0 Å². The molecule has 0 saturated heterocycles. The van der Waals surface area contributed by atoms with Crippen LogP contribution in [0.5, 0.6) is 0 Å². The van der Waals surface area contributed by atoms with E-state index in [-0.39, 0.29) is 17.1 Å². The number of benzene rings is 2. The van der Waals surface area contributed by atoms with Gasteiger partial charge in [-0.05, 0) is 31.2 Å². The molecular formula is C18H17BrN2O3S. The van der Waals surface area contributed by atoms with Gasteiger partial charge in [-0.3, -0.25) is 9.10 Å². The van der Waals surface area contributed by atoms with Gasteiger partial charge in [0.25, 0.3) is 15.6 Å².